The van der Waals surface area contributed by atoms with Crippen molar-refractivity contribution in [3.8, 4) is 24.3 Å². The first-order chi connectivity index (χ1) is 21.9. The third kappa shape index (κ3) is 4.10. The van der Waals surface area contributed by atoms with E-state index >= 15 is 0 Å². The van der Waals surface area contributed by atoms with Crippen molar-refractivity contribution in [2.24, 2.45) is 0 Å². The van der Waals surface area contributed by atoms with E-state index in [4.69, 9.17) is 18.4 Å². The Morgan fingerprint density at radius 3 is 1.43 bits per heavy atom. The molecule has 5 rings (SSSR count). The van der Waals surface area contributed by atoms with Crippen molar-refractivity contribution in [3.63, 3.8) is 0 Å². The van der Waals surface area contributed by atoms with Crippen LogP contribution in [-0.4, -0.2) is 0 Å². The zero-order chi connectivity index (χ0) is 33.8. The summed E-state index contributed by atoms with van der Waals surface area (Å²) in [4.78, 5) is 5.46. The Labute approximate surface area is 252 Å². The standard InChI is InChI=1S/C32H6F8N6/c1-45-31(22-27(37)29(39)32(46-2)30(40)28(22)38)12-5-15-16(6-12)19(9-43)14-4-11(3-13(14)18(15)8-42)17(7-41)21-25(35)23(33)20(10-44)24(34)26(21)36/h3,6H,4-5H2/b17-11-,31-12-. The average Bonchev–Trinajstić information content (AvgIpc) is 3.67. The van der Waals surface area contributed by atoms with Crippen LogP contribution < -0.4 is 10.4 Å². The van der Waals surface area contributed by atoms with Gasteiger partial charge in [-0.2, -0.15) is 21.0 Å². The lowest BCUT2D eigenvalue weighted by Crippen LogP contribution is -2.24. The van der Waals surface area contributed by atoms with Gasteiger partial charge in [0.2, 0.25) is 5.70 Å². The van der Waals surface area contributed by atoms with Crippen LogP contribution in [0.2, 0.25) is 0 Å². The summed E-state index contributed by atoms with van der Waals surface area (Å²) in [6.45, 7) is 14.3. The number of nitriles is 4. The predicted octanol–water partition coefficient (Wildman–Crippen LogP) is 5.95. The minimum atomic E-state index is -2.05. The van der Waals surface area contributed by atoms with Gasteiger partial charge in [0.05, 0.1) is 41.0 Å². The van der Waals surface area contributed by atoms with Crippen molar-refractivity contribution < 1.29 is 35.1 Å². The molecule has 6 nitrogen and oxygen atoms in total. The molecule has 0 aromatic heterocycles. The Morgan fingerprint density at radius 2 is 1.02 bits per heavy atom. The van der Waals surface area contributed by atoms with E-state index in [1.54, 1.807) is 0 Å². The number of rotatable bonds is 2. The summed E-state index contributed by atoms with van der Waals surface area (Å²) in [5.41, 5.74) is -8.71. The Morgan fingerprint density at radius 1 is 0.587 bits per heavy atom. The summed E-state index contributed by atoms with van der Waals surface area (Å²) in [7, 11) is 0. The smallest absolute Gasteiger partial charge is 0.237 e. The normalized spacial score (nSPS) is 14.7. The highest BCUT2D eigenvalue weighted by Gasteiger charge is 2.33. The predicted molar refractivity (Wildman–Crippen MR) is 141 cm³/mol. The molecule has 0 bridgehead atoms. The van der Waals surface area contributed by atoms with E-state index in [9.17, 15) is 50.9 Å². The molecule has 3 aromatic rings. The summed E-state index contributed by atoms with van der Waals surface area (Å²) >= 11 is 0. The van der Waals surface area contributed by atoms with Crippen LogP contribution in [0.15, 0.2) is 11.1 Å². The molecule has 2 aliphatic carbocycles. The minimum Gasteiger partial charge on any atom is -0.237 e. The van der Waals surface area contributed by atoms with Crippen molar-refractivity contribution in [1.82, 2.24) is 0 Å². The van der Waals surface area contributed by atoms with Gasteiger partial charge in [-0.05, 0) is 45.2 Å². The highest BCUT2D eigenvalue weighted by Crippen LogP contribution is 2.38. The van der Waals surface area contributed by atoms with Gasteiger partial charge in [-0.1, -0.05) is 6.08 Å². The summed E-state index contributed by atoms with van der Waals surface area (Å²) in [6, 6.07) is 6.16. The Bertz CT molecular complexity index is 2240. The SMILES string of the molecule is [C-]#[N+]/C(=C1\C=c2c(C#N)c3c(c(C#N)c2C1)=C/C(=C(\C#N)c1c(F)c(F)c(C#N)c(F)c1F)C3)c1c(F)c(F)c([N+]#[C-])c(F)c1F. The molecule has 46 heavy (non-hydrogen) atoms. The quantitative estimate of drug-likeness (QED) is 0.152. The third-order valence-electron chi connectivity index (χ3n) is 7.45. The molecule has 0 atom stereocenters. The van der Waals surface area contributed by atoms with Gasteiger partial charge >= 0.3 is 0 Å². The van der Waals surface area contributed by atoms with E-state index in [2.05, 4.69) is 9.69 Å². The van der Waals surface area contributed by atoms with Gasteiger partial charge in [-0.3, -0.25) is 0 Å². The van der Waals surface area contributed by atoms with Crippen LogP contribution in [-0.2, 0) is 12.8 Å². The first-order valence-electron chi connectivity index (χ1n) is 12.4. The maximum atomic E-state index is 14.9. The van der Waals surface area contributed by atoms with Crippen molar-refractivity contribution in [2.75, 3.05) is 0 Å². The fourth-order valence-corrected chi connectivity index (χ4v) is 5.43. The highest BCUT2D eigenvalue weighted by molar-refractivity contribution is 5.89. The number of hydrogen-bond acceptors (Lipinski definition) is 4. The molecule has 0 unspecified atom stereocenters. The van der Waals surface area contributed by atoms with E-state index < -0.39 is 93.0 Å². The lowest BCUT2D eigenvalue weighted by atomic mass is 9.93. The molecule has 0 spiro atoms. The average molecular weight is 626 g/mol. The van der Waals surface area contributed by atoms with Gasteiger partial charge in [0.1, 0.15) is 41.5 Å². The maximum absolute atomic E-state index is 14.9. The first-order valence-corrected chi connectivity index (χ1v) is 12.4. The molecule has 0 radical (unpaired) electrons. The lowest BCUT2D eigenvalue weighted by Gasteiger charge is -2.10. The Hall–Kier alpha value is -6.74. The summed E-state index contributed by atoms with van der Waals surface area (Å²) in [5.74, 6) is -16.2. The van der Waals surface area contributed by atoms with Crippen LogP contribution in [0, 0.1) is 105 Å². The van der Waals surface area contributed by atoms with Crippen molar-refractivity contribution in [3.05, 3.63) is 130 Å². The van der Waals surface area contributed by atoms with Crippen LogP contribution in [0.3, 0.4) is 0 Å². The number of halogens is 8. The molecule has 0 N–H and O–H groups in total. The lowest BCUT2D eigenvalue weighted by molar-refractivity contribution is 0.447. The molecule has 0 heterocycles. The largest absolute Gasteiger partial charge is 0.262 e. The van der Waals surface area contributed by atoms with Crippen molar-refractivity contribution in [1.29, 1.82) is 21.0 Å². The van der Waals surface area contributed by atoms with Crippen LogP contribution >= 0.6 is 0 Å². The van der Waals surface area contributed by atoms with Crippen molar-refractivity contribution in [2.45, 2.75) is 12.8 Å². The van der Waals surface area contributed by atoms with Gasteiger partial charge in [0.25, 0.3) is 5.69 Å². The highest BCUT2D eigenvalue weighted by atomic mass is 19.2. The maximum Gasteiger partial charge on any atom is 0.262 e. The van der Waals surface area contributed by atoms with Crippen LogP contribution in [0.4, 0.5) is 40.8 Å². The topological polar surface area (TPSA) is 104 Å². The third-order valence-corrected chi connectivity index (χ3v) is 7.45. The van der Waals surface area contributed by atoms with Crippen LogP contribution in [0.1, 0.15) is 38.9 Å². The second-order valence-electron chi connectivity index (χ2n) is 9.61. The molecule has 0 amide bonds. The number of nitrogens with zero attached hydrogens (tertiary/aromatic N) is 6. The molecular weight excluding hydrogens is 620 g/mol. The molecule has 220 valence electrons. The molecule has 2 aliphatic rings. The van der Waals surface area contributed by atoms with E-state index in [-0.39, 0.29) is 43.8 Å². The molecule has 0 fully saturated rings. The monoisotopic (exact) mass is 626 g/mol. The fraction of sp³-hybridized carbons (Fsp3) is 0.0625. The summed E-state index contributed by atoms with van der Waals surface area (Å²) < 4.78 is 117. The van der Waals surface area contributed by atoms with Crippen LogP contribution in [0.5, 0.6) is 0 Å². The van der Waals surface area contributed by atoms with Gasteiger partial charge in [-0.15, -0.1) is 0 Å². The Kier molecular flexibility index (Phi) is 7.39. The zero-order valence-corrected chi connectivity index (χ0v) is 22.3. The van der Waals surface area contributed by atoms with E-state index in [0.717, 1.165) is 18.2 Å². The summed E-state index contributed by atoms with van der Waals surface area (Å²) in [5, 5.41) is 38.6. The van der Waals surface area contributed by atoms with Gasteiger partial charge in [-0.25, -0.2) is 44.8 Å². The van der Waals surface area contributed by atoms with Gasteiger partial charge in [0.15, 0.2) is 34.9 Å². The number of allylic oxidation sites excluding steroid dienone is 3. The number of benzene rings is 3. The van der Waals surface area contributed by atoms with E-state index in [1.165, 1.54) is 6.07 Å². The Balaban J connectivity index is 1.79. The molecule has 0 saturated carbocycles. The zero-order valence-electron chi connectivity index (χ0n) is 22.3. The number of hydrogen-bond donors (Lipinski definition) is 0. The van der Waals surface area contributed by atoms with Gasteiger partial charge < -0.3 is 0 Å². The molecule has 0 aliphatic heterocycles. The van der Waals surface area contributed by atoms with Gasteiger partial charge in [0, 0.05) is 6.42 Å². The van der Waals surface area contributed by atoms with E-state index in [0.29, 0.717) is 0 Å². The molecule has 14 heteroatoms. The second-order valence-corrected chi connectivity index (χ2v) is 9.61. The van der Waals surface area contributed by atoms with Crippen molar-refractivity contribution >= 4 is 29.1 Å². The second kappa shape index (κ2) is 11.1. The number of fused-ring (bicyclic) bond motifs is 2. The minimum absolute atomic E-state index is 0.00803. The molecule has 3 aromatic carbocycles. The molecular formula is C32H6F8N6. The summed E-state index contributed by atoms with van der Waals surface area (Å²) in [6.07, 6.45) is 1.20. The fourth-order valence-electron chi connectivity index (χ4n) is 5.43. The van der Waals surface area contributed by atoms with E-state index in [1.807, 2.05) is 12.1 Å². The van der Waals surface area contributed by atoms with Crippen LogP contribution in [0.25, 0.3) is 33.1 Å². The molecule has 0 saturated heterocycles. The first kappa shape index (κ1) is 30.7.